The minimum atomic E-state index is -0.778. The van der Waals surface area contributed by atoms with Crippen molar-refractivity contribution in [1.82, 2.24) is 4.90 Å². The summed E-state index contributed by atoms with van der Waals surface area (Å²) in [6.07, 6.45) is 3.66. The van der Waals surface area contributed by atoms with E-state index in [1.54, 1.807) is 0 Å². The summed E-state index contributed by atoms with van der Waals surface area (Å²) in [5.41, 5.74) is 3.52. The third kappa shape index (κ3) is 9.40. The molecule has 1 amide bonds. The Morgan fingerprint density at radius 3 is 2.21 bits per heavy atom. The number of anilines is 1. The molecule has 39 heavy (non-hydrogen) atoms. The molecule has 9 nitrogen and oxygen atoms in total. The Morgan fingerprint density at radius 1 is 0.872 bits per heavy atom. The minimum Gasteiger partial charge on any atom is -0.481 e. The molecule has 0 spiro atoms. The van der Waals surface area contributed by atoms with Gasteiger partial charge in [-0.05, 0) is 36.1 Å². The van der Waals surface area contributed by atoms with Crippen LogP contribution >= 0.6 is 0 Å². The van der Waals surface area contributed by atoms with Crippen LogP contribution in [0.25, 0.3) is 0 Å². The molecule has 2 saturated heterocycles. The number of carbonyl (C=O) groups is 2. The van der Waals surface area contributed by atoms with Crippen LogP contribution in [0, 0.1) is 0 Å². The molecule has 2 aromatic rings. The molecule has 4 rings (SSSR count). The van der Waals surface area contributed by atoms with Crippen LogP contribution in [0.1, 0.15) is 74.0 Å². The van der Waals surface area contributed by atoms with Crippen molar-refractivity contribution in [3.8, 4) is 0 Å². The van der Waals surface area contributed by atoms with Crippen LogP contribution in [-0.4, -0.2) is 65.9 Å². The Hall–Kier alpha value is -2.82. The van der Waals surface area contributed by atoms with E-state index in [-0.39, 0.29) is 31.1 Å². The van der Waals surface area contributed by atoms with Gasteiger partial charge in [0.15, 0.2) is 6.29 Å². The Kier molecular flexibility index (Phi) is 11.3. The van der Waals surface area contributed by atoms with Crippen molar-refractivity contribution in [2.75, 3.05) is 38.2 Å². The average Bonchev–Trinajstić information content (AvgIpc) is 2.95. The smallest absolute Gasteiger partial charge is 0.303 e. The van der Waals surface area contributed by atoms with Gasteiger partial charge in [0.05, 0.1) is 32.0 Å². The summed E-state index contributed by atoms with van der Waals surface area (Å²) in [5.74, 6) is -0.830. The van der Waals surface area contributed by atoms with Gasteiger partial charge in [0.1, 0.15) is 0 Å². The maximum atomic E-state index is 12.3. The van der Waals surface area contributed by atoms with Crippen LogP contribution in [0.4, 0.5) is 5.69 Å². The number of ether oxygens (including phenoxy) is 3. The number of aliphatic hydroxyl groups excluding tert-OH is 1. The van der Waals surface area contributed by atoms with E-state index in [0.29, 0.717) is 18.5 Å². The van der Waals surface area contributed by atoms with Crippen molar-refractivity contribution in [3.05, 3.63) is 65.2 Å². The first-order chi connectivity index (χ1) is 19.0. The summed E-state index contributed by atoms with van der Waals surface area (Å²) in [6.45, 7) is 4.05. The van der Waals surface area contributed by atoms with E-state index in [9.17, 15) is 14.7 Å². The second kappa shape index (κ2) is 15.1. The highest BCUT2D eigenvalue weighted by Gasteiger charge is 2.33. The van der Waals surface area contributed by atoms with Crippen molar-refractivity contribution in [1.29, 1.82) is 0 Å². The van der Waals surface area contributed by atoms with Gasteiger partial charge in [-0.2, -0.15) is 0 Å². The predicted molar refractivity (Wildman–Crippen MR) is 146 cm³/mol. The molecule has 0 aliphatic carbocycles. The molecule has 2 aromatic carbocycles. The highest BCUT2D eigenvalue weighted by molar-refractivity contribution is 5.90. The Balaban J connectivity index is 1.34. The van der Waals surface area contributed by atoms with Gasteiger partial charge in [-0.15, -0.1) is 0 Å². The quantitative estimate of drug-likeness (QED) is 0.320. The van der Waals surface area contributed by atoms with Crippen LogP contribution in [0.5, 0.6) is 0 Å². The molecule has 9 heteroatoms. The SMILES string of the molecule is O=C(O)CCCCCCC(=O)Nc1ccc([C@@H]2O[C@H](CN3CCOCC3)C[C@H](c3ccc(CO)cc3)O2)cc1. The average molecular weight is 541 g/mol. The van der Waals surface area contributed by atoms with Crippen LogP contribution in [0.2, 0.25) is 0 Å². The van der Waals surface area contributed by atoms with Crippen LogP contribution in [0.3, 0.4) is 0 Å². The molecule has 212 valence electrons. The number of rotatable bonds is 13. The number of amides is 1. The maximum absolute atomic E-state index is 12.3. The Bertz CT molecular complexity index is 1040. The van der Waals surface area contributed by atoms with E-state index in [4.69, 9.17) is 19.3 Å². The van der Waals surface area contributed by atoms with Gasteiger partial charge in [-0.1, -0.05) is 49.2 Å². The number of nitrogens with zero attached hydrogens (tertiary/aromatic N) is 1. The Morgan fingerprint density at radius 2 is 1.54 bits per heavy atom. The number of carboxylic acid groups (broad SMARTS) is 1. The minimum absolute atomic E-state index is 0.00682. The van der Waals surface area contributed by atoms with E-state index in [1.807, 2.05) is 48.5 Å². The van der Waals surface area contributed by atoms with E-state index in [0.717, 1.165) is 75.2 Å². The summed E-state index contributed by atoms with van der Waals surface area (Å²) in [6, 6.07) is 15.4. The monoisotopic (exact) mass is 540 g/mol. The predicted octanol–water partition coefficient (Wildman–Crippen LogP) is 4.42. The fourth-order valence-corrected chi connectivity index (χ4v) is 4.97. The largest absolute Gasteiger partial charge is 0.481 e. The van der Waals surface area contributed by atoms with E-state index < -0.39 is 12.3 Å². The van der Waals surface area contributed by atoms with E-state index in [1.165, 1.54) is 0 Å². The lowest BCUT2D eigenvalue weighted by Crippen LogP contribution is -2.44. The van der Waals surface area contributed by atoms with Crippen LogP contribution in [-0.2, 0) is 30.4 Å². The van der Waals surface area contributed by atoms with Crippen molar-refractivity contribution in [3.63, 3.8) is 0 Å². The fourth-order valence-electron chi connectivity index (χ4n) is 4.97. The fraction of sp³-hybridized carbons (Fsp3) is 0.533. The second-order valence-corrected chi connectivity index (χ2v) is 10.2. The Labute approximate surface area is 230 Å². The number of morpholine rings is 1. The highest BCUT2D eigenvalue weighted by atomic mass is 16.7. The lowest BCUT2D eigenvalue weighted by atomic mass is 9.99. The molecule has 0 radical (unpaired) electrons. The zero-order chi connectivity index (χ0) is 27.5. The lowest BCUT2D eigenvalue weighted by molar-refractivity contribution is -0.253. The summed E-state index contributed by atoms with van der Waals surface area (Å²) in [4.78, 5) is 25.3. The molecule has 3 N–H and O–H groups in total. The van der Waals surface area contributed by atoms with E-state index >= 15 is 0 Å². The summed E-state index contributed by atoms with van der Waals surface area (Å²) < 4.78 is 18.3. The van der Waals surface area contributed by atoms with Crippen LogP contribution < -0.4 is 5.32 Å². The second-order valence-electron chi connectivity index (χ2n) is 10.2. The van der Waals surface area contributed by atoms with Crippen molar-refractivity contribution in [2.45, 2.75) is 70.1 Å². The van der Waals surface area contributed by atoms with Gasteiger partial charge in [0.25, 0.3) is 0 Å². The standard InChI is InChI=1S/C30H40N2O7/c33-21-22-7-9-23(10-8-22)27-19-26(20-32-15-17-37-18-16-32)38-30(39-27)24-11-13-25(14-12-24)31-28(34)5-3-1-2-4-6-29(35)36/h7-14,26-27,30,33H,1-6,15-21H2,(H,31,34)(H,35,36)/t26-,27+,30+/m0/s1. The number of hydrogen-bond donors (Lipinski definition) is 3. The first-order valence-electron chi connectivity index (χ1n) is 13.9. The summed E-state index contributed by atoms with van der Waals surface area (Å²) in [5, 5.41) is 21.0. The first-order valence-corrected chi connectivity index (χ1v) is 13.9. The maximum Gasteiger partial charge on any atom is 0.303 e. The molecule has 2 fully saturated rings. The van der Waals surface area contributed by atoms with E-state index in [2.05, 4.69) is 10.2 Å². The molecular formula is C30H40N2O7. The number of aliphatic hydroxyl groups is 1. The molecule has 2 aliphatic heterocycles. The molecule has 2 aliphatic rings. The topological polar surface area (TPSA) is 118 Å². The van der Waals surface area contributed by atoms with Gasteiger partial charge < -0.3 is 29.7 Å². The molecule has 2 heterocycles. The van der Waals surface area contributed by atoms with Gasteiger partial charge in [0, 0.05) is 50.1 Å². The number of nitrogens with one attached hydrogen (secondary N) is 1. The third-order valence-corrected chi connectivity index (χ3v) is 7.19. The van der Waals surface area contributed by atoms with Gasteiger partial charge >= 0.3 is 5.97 Å². The number of hydrogen-bond acceptors (Lipinski definition) is 7. The summed E-state index contributed by atoms with van der Waals surface area (Å²) >= 11 is 0. The zero-order valence-electron chi connectivity index (χ0n) is 22.4. The summed E-state index contributed by atoms with van der Waals surface area (Å²) in [7, 11) is 0. The molecular weight excluding hydrogens is 500 g/mol. The number of unbranched alkanes of at least 4 members (excludes halogenated alkanes) is 3. The first kappa shape index (κ1) is 29.2. The van der Waals surface area contributed by atoms with Crippen molar-refractivity contribution < 1.29 is 34.0 Å². The molecule has 0 bridgehead atoms. The van der Waals surface area contributed by atoms with Crippen molar-refractivity contribution in [2.24, 2.45) is 0 Å². The molecule has 3 atom stereocenters. The van der Waals surface area contributed by atoms with Gasteiger partial charge in [-0.3, -0.25) is 14.5 Å². The number of benzene rings is 2. The number of aliphatic carboxylic acids is 1. The number of carboxylic acids is 1. The van der Waals surface area contributed by atoms with Gasteiger partial charge in [0.2, 0.25) is 5.91 Å². The van der Waals surface area contributed by atoms with Gasteiger partial charge in [-0.25, -0.2) is 0 Å². The molecule has 0 aromatic heterocycles. The lowest BCUT2D eigenvalue weighted by Gasteiger charge is -2.39. The molecule has 0 saturated carbocycles. The normalized spacial score (nSPS) is 21.9. The third-order valence-electron chi connectivity index (χ3n) is 7.19. The number of carbonyl (C=O) groups excluding carboxylic acids is 1. The highest BCUT2D eigenvalue weighted by Crippen LogP contribution is 2.38. The molecule has 0 unspecified atom stereocenters. The van der Waals surface area contributed by atoms with Crippen LogP contribution in [0.15, 0.2) is 48.5 Å². The van der Waals surface area contributed by atoms with Crippen molar-refractivity contribution >= 4 is 17.6 Å². The zero-order valence-corrected chi connectivity index (χ0v) is 22.4.